The van der Waals surface area contributed by atoms with Gasteiger partial charge in [0.1, 0.15) is 0 Å². The van der Waals surface area contributed by atoms with Crippen LogP contribution in [0.2, 0.25) is 0 Å². The zero-order chi connectivity index (χ0) is 27.0. The Morgan fingerprint density at radius 3 is 2.67 bits per heavy atom. The molecule has 2 N–H and O–H groups in total. The first-order chi connectivity index (χ1) is 18.9. The van der Waals surface area contributed by atoms with E-state index in [1.54, 1.807) is 10.9 Å². The fourth-order valence-electron chi connectivity index (χ4n) is 6.24. The van der Waals surface area contributed by atoms with E-state index in [0.717, 1.165) is 29.7 Å². The van der Waals surface area contributed by atoms with Gasteiger partial charge in [-0.05, 0) is 68.0 Å². The number of hydrogen-bond acceptors (Lipinski definition) is 5. The predicted octanol–water partition coefficient (Wildman–Crippen LogP) is 3.24. The Hall–Kier alpha value is -3.75. The number of carbonyl (C=O) groups excluding carboxylic acids is 1. The van der Waals surface area contributed by atoms with E-state index < -0.39 is 5.60 Å². The number of nitrogens with zero attached hydrogens (tertiary/aromatic N) is 4. The third-order valence-corrected chi connectivity index (χ3v) is 8.49. The average Bonchev–Trinajstić information content (AvgIpc) is 3.40. The van der Waals surface area contributed by atoms with Crippen molar-refractivity contribution in [1.29, 1.82) is 0 Å². The van der Waals surface area contributed by atoms with Crippen LogP contribution < -0.4 is 10.9 Å². The number of aryl methyl sites for hydroxylation is 1. The minimum atomic E-state index is -1.41. The topological polar surface area (TPSA) is 92.4 Å². The van der Waals surface area contributed by atoms with Crippen LogP contribution >= 0.6 is 0 Å². The van der Waals surface area contributed by atoms with Gasteiger partial charge in [0, 0.05) is 44.0 Å². The summed E-state index contributed by atoms with van der Waals surface area (Å²) < 4.78 is 3.66. The molecule has 0 saturated carbocycles. The van der Waals surface area contributed by atoms with Crippen LogP contribution in [0.4, 0.5) is 0 Å². The van der Waals surface area contributed by atoms with E-state index in [4.69, 9.17) is 0 Å². The van der Waals surface area contributed by atoms with Crippen molar-refractivity contribution in [3.8, 4) is 5.69 Å². The zero-order valence-corrected chi connectivity index (χ0v) is 22.3. The monoisotopic (exact) mass is 525 g/mol. The SMILES string of the molecule is Cc1cccc(-n2ccc3c(=O)n(CC4CCN(C(=O)[C@@]5(O)CCNC[C@H]5c5ccccc5)CC4)cnc32)c1. The van der Waals surface area contributed by atoms with Crippen LogP contribution in [-0.2, 0) is 11.3 Å². The van der Waals surface area contributed by atoms with E-state index >= 15 is 0 Å². The minimum absolute atomic E-state index is 0.0420. The molecule has 8 nitrogen and oxygen atoms in total. The summed E-state index contributed by atoms with van der Waals surface area (Å²) >= 11 is 0. The van der Waals surface area contributed by atoms with Crippen molar-refractivity contribution in [2.45, 2.75) is 44.2 Å². The highest BCUT2D eigenvalue weighted by molar-refractivity contribution is 5.86. The van der Waals surface area contributed by atoms with E-state index in [9.17, 15) is 14.7 Å². The molecule has 2 atom stereocenters. The first-order valence-corrected chi connectivity index (χ1v) is 13.8. The number of amides is 1. The molecule has 8 heteroatoms. The quantitative estimate of drug-likeness (QED) is 0.417. The molecular weight excluding hydrogens is 490 g/mol. The fourth-order valence-corrected chi connectivity index (χ4v) is 6.24. The number of likely N-dealkylation sites (tertiary alicyclic amines) is 1. The molecular formula is C31H35N5O3. The van der Waals surface area contributed by atoms with Gasteiger partial charge in [-0.3, -0.25) is 14.2 Å². The van der Waals surface area contributed by atoms with Crippen LogP contribution in [0.15, 0.2) is 78.0 Å². The number of aliphatic hydroxyl groups is 1. The number of aromatic nitrogens is 3. The Balaban J connectivity index is 1.14. The Kier molecular flexibility index (Phi) is 6.83. The van der Waals surface area contributed by atoms with Gasteiger partial charge >= 0.3 is 0 Å². The number of hydrogen-bond donors (Lipinski definition) is 2. The van der Waals surface area contributed by atoms with Crippen molar-refractivity contribution in [1.82, 2.24) is 24.3 Å². The summed E-state index contributed by atoms with van der Waals surface area (Å²) in [5.41, 5.74) is 2.32. The summed E-state index contributed by atoms with van der Waals surface area (Å²) in [4.78, 5) is 33.4. The number of carbonyl (C=O) groups is 1. The van der Waals surface area contributed by atoms with E-state index in [2.05, 4.69) is 16.4 Å². The summed E-state index contributed by atoms with van der Waals surface area (Å²) in [6.45, 7) is 4.96. The first kappa shape index (κ1) is 25.5. The van der Waals surface area contributed by atoms with Crippen LogP contribution in [0, 0.1) is 12.8 Å². The molecule has 6 rings (SSSR count). The van der Waals surface area contributed by atoms with E-state index in [0.29, 0.717) is 50.2 Å². The Labute approximate surface area is 227 Å². The lowest BCUT2D eigenvalue weighted by atomic mass is 9.76. The van der Waals surface area contributed by atoms with Gasteiger partial charge in [0.15, 0.2) is 11.2 Å². The maximum atomic E-state index is 13.6. The molecule has 2 aromatic heterocycles. The summed E-state index contributed by atoms with van der Waals surface area (Å²) in [7, 11) is 0. The molecule has 1 amide bonds. The second-order valence-electron chi connectivity index (χ2n) is 11.0. The standard InChI is InChI=1S/C31H35N5O3/c1-22-6-5-9-25(18-22)36-17-12-26-28(36)33-21-35(29(26)37)20-23-10-15-34(16-11-23)30(38)31(39)13-14-32-19-27(31)24-7-3-2-4-8-24/h2-9,12,17-18,21,23,27,32,39H,10-11,13-16,19-20H2,1H3/t27-,31+/m0/s1. The third-order valence-electron chi connectivity index (χ3n) is 8.49. The molecule has 2 aliphatic rings. The van der Waals surface area contributed by atoms with Crippen molar-refractivity contribution in [3.63, 3.8) is 0 Å². The molecule has 39 heavy (non-hydrogen) atoms. The molecule has 2 fully saturated rings. The van der Waals surface area contributed by atoms with E-state index in [-0.39, 0.29) is 23.3 Å². The third kappa shape index (κ3) is 4.79. The molecule has 0 aliphatic carbocycles. The van der Waals surface area contributed by atoms with Crippen molar-refractivity contribution >= 4 is 16.9 Å². The van der Waals surface area contributed by atoms with E-state index in [1.165, 1.54) is 0 Å². The van der Waals surface area contributed by atoms with Crippen molar-refractivity contribution in [2.24, 2.45) is 5.92 Å². The van der Waals surface area contributed by atoms with Gasteiger partial charge in [0.05, 0.1) is 11.7 Å². The normalized spacial score (nSPS) is 22.3. The lowest BCUT2D eigenvalue weighted by Crippen LogP contribution is -2.59. The lowest BCUT2D eigenvalue weighted by Gasteiger charge is -2.43. The molecule has 2 aromatic carbocycles. The van der Waals surface area contributed by atoms with Gasteiger partial charge in [0.25, 0.3) is 11.5 Å². The number of rotatable bonds is 5. The number of piperidine rings is 2. The summed E-state index contributed by atoms with van der Waals surface area (Å²) in [5.74, 6) is -0.187. The van der Waals surface area contributed by atoms with Crippen LogP contribution in [0.3, 0.4) is 0 Å². The maximum absolute atomic E-state index is 13.6. The molecule has 2 aliphatic heterocycles. The number of nitrogens with one attached hydrogen (secondary N) is 1. The second kappa shape index (κ2) is 10.4. The van der Waals surface area contributed by atoms with Crippen molar-refractivity contribution in [2.75, 3.05) is 26.2 Å². The van der Waals surface area contributed by atoms with Gasteiger partial charge in [-0.15, -0.1) is 0 Å². The summed E-state index contributed by atoms with van der Waals surface area (Å²) in [6.07, 6.45) is 5.51. The molecule has 4 aromatic rings. The van der Waals surface area contributed by atoms with Crippen molar-refractivity contribution < 1.29 is 9.90 Å². The summed E-state index contributed by atoms with van der Waals surface area (Å²) in [6, 6.07) is 19.8. The zero-order valence-electron chi connectivity index (χ0n) is 22.3. The highest BCUT2D eigenvalue weighted by Gasteiger charge is 2.48. The molecule has 0 radical (unpaired) electrons. The molecule has 202 valence electrons. The van der Waals surface area contributed by atoms with Gasteiger partial charge in [-0.1, -0.05) is 42.5 Å². The van der Waals surface area contributed by atoms with Crippen molar-refractivity contribution in [3.05, 3.63) is 94.7 Å². The van der Waals surface area contributed by atoms with Gasteiger partial charge in [-0.2, -0.15) is 0 Å². The van der Waals surface area contributed by atoms with Gasteiger partial charge < -0.3 is 19.9 Å². The molecule has 0 spiro atoms. The highest BCUT2D eigenvalue weighted by Crippen LogP contribution is 2.36. The summed E-state index contributed by atoms with van der Waals surface area (Å²) in [5, 5.41) is 15.6. The Bertz CT molecular complexity index is 1540. The molecule has 0 bridgehead atoms. The lowest BCUT2D eigenvalue weighted by molar-refractivity contribution is -0.158. The smallest absolute Gasteiger partial charge is 0.262 e. The molecule has 0 unspecified atom stereocenters. The van der Waals surface area contributed by atoms with Crippen LogP contribution in [-0.4, -0.2) is 61.8 Å². The average molecular weight is 526 g/mol. The first-order valence-electron chi connectivity index (χ1n) is 13.8. The second-order valence-corrected chi connectivity index (χ2v) is 11.0. The minimum Gasteiger partial charge on any atom is -0.379 e. The largest absolute Gasteiger partial charge is 0.379 e. The number of fused-ring (bicyclic) bond motifs is 1. The predicted molar refractivity (Wildman–Crippen MR) is 151 cm³/mol. The molecule has 4 heterocycles. The number of benzene rings is 2. The highest BCUT2D eigenvalue weighted by atomic mass is 16.3. The molecule has 2 saturated heterocycles. The van der Waals surface area contributed by atoms with Gasteiger partial charge in [0.2, 0.25) is 0 Å². The Morgan fingerprint density at radius 2 is 1.90 bits per heavy atom. The van der Waals surface area contributed by atoms with E-state index in [1.807, 2.05) is 77.2 Å². The van der Waals surface area contributed by atoms with Crippen LogP contribution in [0.1, 0.15) is 36.3 Å². The van der Waals surface area contributed by atoms with Crippen LogP contribution in [0.5, 0.6) is 0 Å². The fraction of sp³-hybridized carbons (Fsp3) is 0.387. The Morgan fingerprint density at radius 1 is 1.10 bits per heavy atom. The van der Waals surface area contributed by atoms with Crippen LogP contribution in [0.25, 0.3) is 16.7 Å². The maximum Gasteiger partial charge on any atom is 0.262 e. The van der Waals surface area contributed by atoms with Gasteiger partial charge in [-0.25, -0.2) is 4.98 Å².